The second-order valence-corrected chi connectivity index (χ2v) is 23.1. The zero-order valence-electron chi connectivity index (χ0n) is 53.1. The van der Waals surface area contributed by atoms with E-state index in [9.17, 15) is 0 Å². The molecule has 0 saturated heterocycles. The van der Waals surface area contributed by atoms with Crippen molar-refractivity contribution in [2.24, 2.45) is 0 Å². The average Bonchev–Trinajstić information content (AvgIpc) is 3.43. The summed E-state index contributed by atoms with van der Waals surface area (Å²) in [5.41, 5.74) is 0. The van der Waals surface area contributed by atoms with Gasteiger partial charge in [-0.05, 0) is 102 Å². The van der Waals surface area contributed by atoms with Crippen LogP contribution in [0.15, 0.2) is 24.3 Å². The van der Waals surface area contributed by atoms with E-state index in [1.165, 1.54) is 257 Å². The standard InChI is InChI=1S/C70H138O7/c1-7-13-19-25-45-55-65-75-69(59-49-39-35-31-27-29-33-37-47-57-67(71-61-51-41-21-15-9-3)72-62-52-42-22-16-10-4)77-70(76-66-56-46-26-20-14-8-2)60-50-40-36-32-28-30-34-38-48-58-68(73-63-53-43-23-17-11-5)74-64-54-44-24-18-12-6/h49-50,59-60,67-70H,7-48,51-58,61-66H2,1-6H3. The van der Waals surface area contributed by atoms with E-state index in [4.69, 9.17) is 33.2 Å². The molecule has 0 rings (SSSR count). The number of hydrogen-bond acceptors (Lipinski definition) is 7. The summed E-state index contributed by atoms with van der Waals surface area (Å²) < 4.78 is 44.6. The van der Waals surface area contributed by atoms with E-state index in [2.05, 4.69) is 65.8 Å². The van der Waals surface area contributed by atoms with Crippen LogP contribution in [0.2, 0.25) is 0 Å². The maximum atomic E-state index is 6.65. The third kappa shape index (κ3) is 61.1. The highest BCUT2D eigenvalue weighted by Gasteiger charge is 2.15. The summed E-state index contributed by atoms with van der Waals surface area (Å²) in [4.78, 5) is 0. The molecule has 0 aromatic carbocycles. The van der Waals surface area contributed by atoms with Crippen LogP contribution in [-0.4, -0.2) is 64.8 Å². The molecule has 0 aliphatic rings. The SMILES string of the molecule is CCCCCCCCOC(C=CCCCCCCCCCC(OCCCCCCC)OCCCCCCC)OC(C=CCCCCCCCCCC(OCCCCCCC)OCCCCCCC)OCCCCCCCC. The van der Waals surface area contributed by atoms with Crippen molar-refractivity contribution >= 4 is 0 Å². The molecule has 0 fully saturated rings. The fourth-order valence-electron chi connectivity index (χ4n) is 10.0. The van der Waals surface area contributed by atoms with Crippen molar-refractivity contribution in [3.63, 3.8) is 0 Å². The van der Waals surface area contributed by atoms with Crippen molar-refractivity contribution in [2.45, 2.75) is 388 Å². The van der Waals surface area contributed by atoms with E-state index >= 15 is 0 Å². The maximum absolute atomic E-state index is 6.65. The van der Waals surface area contributed by atoms with Gasteiger partial charge in [0.05, 0.1) is 13.2 Å². The van der Waals surface area contributed by atoms with E-state index in [1.54, 1.807) is 0 Å². The summed E-state index contributed by atoms with van der Waals surface area (Å²) in [6, 6.07) is 0. The molecule has 2 unspecified atom stereocenters. The predicted molar refractivity (Wildman–Crippen MR) is 335 cm³/mol. The van der Waals surface area contributed by atoms with Crippen LogP contribution in [0, 0.1) is 0 Å². The average molecular weight is 1090 g/mol. The van der Waals surface area contributed by atoms with E-state index in [0.29, 0.717) is 0 Å². The quantitative estimate of drug-likeness (QED) is 0.0342. The Labute approximate surface area is 482 Å². The van der Waals surface area contributed by atoms with Crippen molar-refractivity contribution in [1.29, 1.82) is 0 Å². The second-order valence-electron chi connectivity index (χ2n) is 23.1. The molecule has 0 heterocycles. The predicted octanol–water partition coefficient (Wildman–Crippen LogP) is 23.1. The summed E-state index contributed by atoms with van der Waals surface area (Å²) in [6.45, 7) is 18.5. The molecule has 2 atom stereocenters. The molecule has 0 N–H and O–H groups in total. The minimum atomic E-state index is -0.386. The van der Waals surface area contributed by atoms with Gasteiger partial charge in [0.1, 0.15) is 0 Å². The lowest BCUT2D eigenvalue weighted by atomic mass is 10.1. The lowest BCUT2D eigenvalue weighted by molar-refractivity contribution is -0.208. The van der Waals surface area contributed by atoms with Crippen LogP contribution in [-0.2, 0) is 33.2 Å². The van der Waals surface area contributed by atoms with Gasteiger partial charge in [-0.3, -0.25) is 0 Å². The van der Waals surface area contributed by atoms with E-state index in [1.807, 2.05) is 0 Å². The first kappa shape index (κ1) is 76.2. The second kappa shape index (κ2) is 67.7. The molecule has 0 bridgehead atoms. The first-order chi connectivity index (χ1) is 38.1. The van der Waals surface area contributed by atoms with Gasteiger partial charge in [0.2, 0.25) is 0 Å². The zero-order valence-corrected chi connectivity index (χ0v) is 53.1. The molecule has 0 radical (unpaired) electrons. The van der Waals surface area contributed by atoms with Gasteiger partial charge in [-0.2, -0.15) is 0 Å². The first-order valence-corrected chi connectivity index (χ1v) is 34.8. The van der Waals surface area contributed by atoms with E-state index < -0.39 is 0 Å². The Morgan fingerprint density at radius 3 is 0.688 bits per heavy atom. The molecule has 0 spiro atoms. The topological polar surface area (TPSA) is 64.6 Å². The lowest BCUT2D eigenvalue weighted by Crippen LogP contribution is -2.25. The van der Waals surface area contributed by atoms with Crippen LogP contribution in [0.4, 0.5) is 0 Å². The highest BCUT2D eigenvalue weighted by Crippen LogP contribution is 2.19. The molecule has 0 saturated carbocycles. The van der Waals surface area contributed by atoms with Crippen molar-refractivity contribution in [2.75, 3.05) is 39.6 Å². The third-order valence-corrected chi connectivity index (χ3v) is 15.2. The Bertz CT molecular complexity index is 999. The molecule has 0 aromatic heterocycles. The molecule has 7 nitrogen and oxygen atoms in total. The highest BCUT2D eigenvalue weighted by atomic mass is 16.8. The van der Waals surface area contributed by atoms with Crippen LogP contribution in [0.5, 0.6) is 0 Å². The van der Waals surface area contributed by atoms with Crippen molar-refractivity contribution in [3.05, 3.63) is 24.3 Å². The van der Waals surface area contributed by atoms with Crippen LogP contribution < -0.4 is 0 Å². The van der Waals surface area contributed by atoms with Crippen LogP contribution >= 0.6 is 0 Å². The summed E-state index contributed by atoms with van der Waals surface area (Å²) in [5, 5.41) is 0. The van der Waals surface area contributed by atoms with Gasteiger partial charge < -0.3 is 33.2 Å². The number of allylic oxidation sites excluding steroid dienone is 2. The maximum Gasteiger partial charge on any atom is 0.180 e. The van der Waals surface area contributed by atoms with Crippen LogP contribution in [0.3, 0.4) is 0 Å². The number of ether oxygens (including phenoxy) is 7. The Kier molecular flexibility index (Phi) is 67.0. The Balaban J connectivity index is 5.01. The molecule has 7 heteroatoms. The van der Waals surface area contributed by atoms with Crippen molar-refractivity contribution in [3.8, 4) is 0 Å². The van der Waals surface area contributed by atoms with Gasteiger partial charge in [-0.1, -0.05) is 285 Å². The number of hydrogen-bond donors (Lipinski definition) is 0. The molecule has 0 aliphatic heterocycles. The van der Waals surface area contributed by atoms with Crippen molar-refractivity contribution in [1.82, 2.24) is 0 Å². The number of unbranched alkanes of at least 4 members (excludes halogenated alkanes) is 40. The van der Waals surface area contributed by atoms with E-state index in [0.717, 1.165) is 104 Å². The smallest absolute Gasteiger partial charge is 0.180 e. The minimum Gasteiger partial charge on any atom is -0.353 e. The Morgan fingerprint density at radius 2 is 0.429 bits per heavy atom. The molecule has 460 valence electrons. The normalized spacial score (nSPS) is 13.0. The molecule has 77 heavy (non-hydrogen) atoms. The highest BCUT2D eigenvalue weighted by molar-refractivity contribution is 4.90. The largest absolute Gasteiger partial charge is 0.353 e. The molecule has 0 amide bonds. The summed E-state index contributed by atoms with van der Waals surface area (Å²) in [6.07, 6.45) is 70.7. The summed E-state index contributed by atoms with van der Waals surface area (Å²) >= 11 is 0. The Hall–Kier alpha value is -0.800. The third-order valence-electron chi connectivity index (χ3n) is 15.2. The summed E-state index contributed by atoms with van der Waals surface area (Å²) in [7, 11) is 0. The number of rotatable bonds is 68. The zero-order chi connectivity index (χ0) is 55.7. The molecule has 0 aliphatic carbocycles. The lowest BCUT2D eigenvalue weighted by Gasteiger charge is -2.22. The summed E-state index contributed by atoms with van der Waals surface area (Å²) in [5.74, 6) is 0. The first-order valence-electron chi connectivity index (χ1n) is 34.8. The van der Waals surface area contributed by atoms with Gasteiger partial charge in [-0.25, -0.2) is 0 Å². The minimum absolute atomic E-state index is 0.0173. The molecular formula is C70H138O7. The van der Waals surface area contributed by atoms with Gasteiger partial charge in [-0.15, -0.1) is 0 Å². The van der Waals surface area contributed by atoms with Crippen molar-refractivity contribution < 1.29 is 33.2 Å². The molecular weight excluding hydrogens is 953 g/mol. The fraction of sp³-hybridized carbons (Fsp3) is 0.943. The van der Waals surface area contributed by atoms with Gasteiger partial charge in [0, 0.05) is 26.4 Å². The Morgan fingerprint density at radius 1 is 0.221 bits per heavy atom. The van der Waals surface area contributed by atoms with Crippen LogP contribution in [0.1, 0.15) is 363 Å². The van der Waals surface area contributed by atoms with Crippen LogP contribution in [0.25, 0.3) is 0 Å². The fourth-order valence-corrected chi connectivity index (χ4v) is 10.0. The van der Waals surface area contributed by atoms with Gasteiger partial charge in [0.25, 0.3) is 0 Å². The molecule has 0 aromatic rings. The van der Waals surface area contributed by atoms with Gasteiger partial charge in [0.15, 0.2) is 25.2 Å². The van der Waals surface area contributed by atoms with Gasteiger partial charge >= 0.3 is 0 Å². The monoisotopic (exact) mass is 1090 g/mol. The van der Waals surface area contributed by atoms with E-state index in [-0.39, 0.29) is 25.2 Å².